The van der Waals surface area contributed by atoms with Gasteiger partial charge in [-0.3, -0.25) is 19.2 Å². The van der Waals surface area contributed by atoms with Crippen LogP contribution in [0.2, 0.25) is 0 Å². The number of nitrogens with zero attached hydrogens (tertiary/aromatic N) is 1. The zero-order valence-corrected chi connectivity index (χ0v) is 29.5. The Bertz CT molecular complexity index is 1460. The van der Waals surface area contributed by atoms with Crippen molar-refractivity contribution in [3.8, 4) is 0 Å². The number of carboxylic acid groups (broad SMARTS) is 1. The number of benzene rings is 2. The summed E-state index contributed by atoms with van der Waals surface area (Å²) in [5, 5.41) is 17.8. The molecule has 4 N–H and O–H groups in total. The second kappa shape index (κ2) is 18.7. The topological polar surface area (TPSA) is 180 Å². The molecule has 2 aromatic rings. The molecule has 0 radical (unpaired) electrons. The molecule has 5 atom stereocenters. The van der Waals surface area contributed by atoms with E-state index in [1.165, 1.54) is 4.90 Å². The average Bonchev–Trinajstić information content (AvgIpc) is 3.57. The van der Waals surface area contributed by atoms with Crippen molar-refractivity contribution in [3.63, 3.8) is 0 Å². The second-order valence-electron chi connectivity index (χ2n) is 13.5. The van der Waals surface area contributed by atoms with E-state index >= 15 is 0 Å². The van der Waals surface area contributed by atoms with Crippen molar-refractivity contribution in [2.24, 2.45) is 5.92 Å². The van der Waals surface area contributed by atoms with Gasteiger partial charge in [-0.25, -0.2) is 9.59 Å². The van der Waals surface area contributed by atoms with Crippen LogP contribution in [0.5, 0.6) is 0 Å². The number of ether oxygens (including phenoxy) is 2. The summed E-state index contributed by atoms with van der Waals surface area (Å²) in [6, 6.07) is 13.4. The minimum atomic E-state index is -1.25. The molecule has 272 valence electrons. The van der Waals surface area contributed by atoms with Crippen LogP contribution in [0.15, 0.2) is 60.7 Å². The fraction of sp³-hybridized carbons (Fsp3) is 0.514. The molecule has 1 fully saturated rings. The van der Waals surface area contributed by atoms with Gasteiger partial charge in [-0.1, -0.05) is 80.9 Å². The number of nitrogens with one attached hydrogen (secondary N) is 3. The highest BCUT2D eigenvalue weighted by molar-refractivity contribution is 5.95. The van der Waals surface area contributed by atoms with Crippen molar-refractivity contribution >= 4 is 35.8 Å². The summed E-state index contributed by atoms with van der Waals surface area (Å²) >= 11 is 0. The van der Waals surface area contributed by atoms with Gasteiger partial charge in [0.2, 0.25) is 17.7 Å². The number of esters is 1. The third kappa shape index (κ3) is 12.5. The van der Waals surface area contributed by atoms with Crippen molar-refractivity contribution in [2.75, 3.05) is 6.54 Å². The van der Waals surface area contributed by atoms with Gasteiger partial charge in [-0.05, 0) is 57.1 Å². The van der Waals surface area contributed by atoms with Gasteiger partial charge in [0, 0.05) is 19.4 Å². The molecule has 4 amide bonds. The van der Waals surface area contributed by atoms with E-state index in [0.29, 0.717) is 12.8 Å². The molecule has 50 heavy (non-hydrogen) atoms. The summed E-state index contributed by atoms with van der Waals surface area (Å²) in [6.07, 6.45) is 0.151. The fourth-order valence-corrected chi connectivity index (χ4v) is 5.59. The van der Waals surface area contributed by atoms with Gasteiger partial charge in [0.15, 0.2) is 0 Å². The van der Waals surface area contributed by atoms with Crippen LogP contribution >= 0.6 is 0 Å². The lowest BCUT2D eigenvalue weighted by Crippen LogP contribution is -2.58. The highest BCUT2D eigenvalue weighted by Gasteiger charge is 2.40. The van der Waals surface area contributed by atoms with Crippen LogP contribution in [0.1, 0.15) is 77.8 Å². The van der Waals surface area contributed by atoms with E-state index in [2.05, 4.69) is 16.0 Å². The molecule has 1 aliphatic rings. The van der Waals surface area contributed by atoms with Crippen LogP contribution in [-0.4, -0.2) is 82.1 Å². The van der Waals surface area contributed by atoms with Crippen molar-refractivity contribution < 1.29 is 43.3 Å². The molecule has 1 aliphatic heterocycles. The first kappa shape index (κ1) is 39.5. The van der Waals surface area contributed by atoms with E-state index in [4.69, 9.17) is 9.47 Å². The maximum atomic E-state index is 14.1. The smallest absolute Gasteiger partial charge is 0.408 e. The fourth-order valence-electron chi connectivity index (χ4n) is 5.59. The lowest BCUT2D eigenvalue weighted by molar-refractivity contribution is -0.155. The molecule has 1 heterocycles. The zero-order chi connectivity index (χ0) is 36.8. The monoisotopic (exact) mass is 694 g/mol. The van der Waals surface area contributed by atoms with Crippen LogP contribution in [0.3, 0.4) is 0 Å². The molecular formula is C37H50N4O9. The SMILES string of the molecule is CC[C@H](C)[C@H](NC(=O)OCc1ccccc1)C(=O)N[C@@H](CCC(=O)OC(C)(C)C)C(=O)N1CCC[C@H]1C(=O)N[C@@H](Cc1ccccc1)C(=O)O. The number of carbonyl (C=O) groups is 6. The van der Waals surface area contributed by atoms with Crippen LogP contribution < -0.4 is 16.0 Å². The van der Waals surface area contributed by atoms with Gasteiger partial charge in [0.1, 0.15) is 36.4 Å². The van der Waals surface area contributed by atoms with Gasteiger partial charge in [-0.2, -0.15) is 0 Å². The number of alkyl carbamates (subject to hydrolysis) is 1. The molecule has 13 heteroatoms. The Morgan fingerprint density at radius 1 is 0.900 bits per heavy atom. The van der Waals surface area contributed by atoms with Crippen LogP contribution in [-0.2, 0) is 46.5 Å². The number of hydrogen-bond acceptors (Lipinski definition) is 8. The summed E-state index contributed by atoms with van der Waals surface area (Å²) in [4.78, 5) is 80.1. The molecule has 0 bridgehead atoms. The van der Waals surface area contributed by atoms with Gasteiger partial charge in [0.25, 0.3) is 0 Å². The van der Waals surface area contributed by atoms with E-state index in [9.17, 15) is 33.9 Å². The number of aliphatic carboxylic acids is 1. The molecule has 0 unspecified atom stereocenters. The zero-order valence-electron chi connectivity index (χ0n) is 29.5. The first-order chi connectivity index (χ1) is 23.7. The van der Waals surface area contributed by atoms with E-state index in [1.54, 1.807) is 70.2 Å². The molecule has 0 aromatic heterocycles. The molecular weight excluding hydrogens is 644 g/mol. The van der Waals surface area contributed by atoms with Crippen LogP contribution in [0.25, 0.3) is 0 Å². The van der Waals surface area contributed by atoms with Gasteiger partial charge in [-0.15, -0.1) is 0 Å². The summed E-state index contributed by atoms with van der Waals surface area (Å²) in [6.45, 7) is 8.94. The first-order valence-corrected chi connectivity index (χ1v) is 17.1. The molecule has 13 nitrogen and oxygen atoms in total. The quantitative estimate of drug-likeness (QED) is 0.191. The molecule has 0 saturated carbocycles. The Morgan fingerprint density at radius 3 is 2.10 bits per heavy atom. The van der Waals surface area contributed by atoms with E-state index in [-0.39, 0.29) is 44.8 Å². The summed E-state index contributed by atoms with van der Waals surface area (Å²) in [7, 11) is 0. The number of likely N-dealkylation sites (tertiary alicyclic amines) is 1. The van der Waals surface area contributed by atoms with Crippen LogP contribution in [0.4, 0.5) is 4.79 Å². The number of carbonyl (C=O) groups excluding carboxylic acids is 5. The first-order valence-electron chi connectivity index (χ1n) is 17.1. The lowest BCUT2D eigenvalue weighted by atomic mass is 9.97. The Morgan fingerprint density at radius 2 is 1.52 bits per heavy atom. The highest BCUT2D eigenvalue weighted by Crippen LogP contribution is 2.21. The minimum Gasteiger partial charge on any atom is -0.480 e. The summed E-state index contributed by atoms with van der Waals surface area (Å²) in [5.41, 5.74) is 0.709. The predicted molar refractivity (Wildman–Crippen MR) is 184 cm³/mol. The maximum Gasteiger partial charge on any atom is 0.408 e. The maximum absolute atomic E-state index is 14.1. The Kier molecular flexibility index (Phi) is 14.8. The summed E-state index contributed by atoms with van der Waals surface area (Å²) < 4.78 is 10.8. The number of carboxylic acids is 1. The lowest BCUT2D eigenvalue weighted by Gasteiger charge is -2.31. The van der Waals surface area contributed by atoms with Gasteiger partial charge < -0.3 is 35.4 Å². The molecule has 0 aliphatic carbocycles. The van der Waals surface area contributed by atoms with Crippen molar-refractivity contribution in [3.05, 3.63) is 71.8 Å². The molecule has 3 rings (SSSR count). The standard InChI is InChI=1S/C37H50N4O9/c1-6-24(2)31(40-36(48)49-23-26-16-11-8-12-17-26)33(44)38-27(19-20-30(42)50-37(3,4)5)34(45)41-21-13-18-29(41)32(43)39-28(35(46)47)22-25-14-9-7-10-15-25/h7-12,14-17,24,27-29,31H,6,13,18-23H2,1-5H3,(H,38,44)(H,39,43)(H,40,48)(H,46,47)/t24-,27-,28-,29-,31-/m0/s1. The predicted octanol–water partition coefficient (Wildman–Crippen LogP) is 3.74. The third-order valence-electron chi connectivity index (χ3n) is 8.39. The molecule has 2 aromatic carbocycles. The summed E-state index contributed by atoms with van der Waals surface area (Å²) in [5.74, 6) is -4.05. The van der Waals surface area contributed by atoms with Crippen molar-refractivity contribution in [1.82, 2.24) is 20.9 Å². The molecule has 1 saturated heterocycles. The van der Waals surface area contributed by atoms with Gasteiger partial charge >= 0.3 is 18.0 Å². The number of hydrogen-bond donors (Lipinski definition) is 4. The Hall–Kier alpha value is -4.94. The second-order valence-corrected chi connectivity index (χ2v) is 13.5. The van der Waals surface area contributed by atoms with Crippen LogP contribution in [0, 0.1) is 5.92 Å². The molecule has 0 spiro atoms. The number of amides is 4. The normalized spacial score (nSPS) is 16.7. The third-order valence-corrected chi connectivity index (χ3v) is 8.39. The van der Waals surface area contributed by atoms with E-state index in [1.807, 2.05) is 25.1 Å². The van der Waals surface area contributed by atoms with E-state index in [0.717, 1.165) is 11.1 Å². The number of rotatable bonds is 16. The largest absolute Gasteiger partial charge is 0.480 e. The minimum absolute atomic E-state index is 0.00891. The van der Waals surface area contributed by atoms with Crippen molar-refractivity contribution in [2.45, 2.75) is 110 Å². The average molecular weight is 695 g/mol. The highest BCUT2D eigenvalue weighted by atomic mass is 16.6. The Balaban J connectivity index is 1.78. The van der Waals surface area contributed by atoms with Crippen molar-refractivity contribution in [1.29, 1.82) is 0 Å². The van der Waals surface area contributed by atoms with E-state index < -0.39 is 65.5 Å². The Labute approximate surface area is 293 Å². The van der Waals surface area contributed by atoms with Gasteiger partial charge in [0.05, 0.1) is 0 Å².